The van der Waals surface area contributed by atoms with E-state index in [0.29, 0.717) is 37.0 Å². The summed E-state index contributed by atoms with van der Waals surface area (Å²) in [7, 11) is 1.50. The number of halogens is 1. The van der Waals surface area contributed by atoms with Crippen LogP contribution < -0.4 is 20.9 Å². The van der Waals surface area contributed by atoms with Crippen molar-refractivity contribution in [3.05, 3.63) is 37.6 Å². The van der Waals surface area contributed by atoms with Crippen molar-refractivity contribution in [3.63, 3.8) is 0 Å². The second-order valence-corrected chi connectivity index (χ2v) is 6.95. The summed E-state index contributed by atoms with van der Waals surface area (Å²) < 4.78 is 7.06. The Morgan fingerprint density at radius 1 is 1.27 bits per heavy atom. The molecule has 0 spiro atoms. The molecule has 0 aromatic carbocycles. The van der Waals surface area contributed by atoms with E-state index in [1.807, 2.05) is 24.8 Å². The maximum atomic E-state index is 12.0. The van der Waals surface area contributed by atoms with Gasteiger partial charge in [0.15, 0.2) is 5.15 Å². The third-order valence-corrected chi connectivity index (χ3v) is 4.66. The first-order valence-corrected chi connectivity index (χ1v) is 8.85. The molecule has 1 aliphatic rings. The third-order valence-electron chi connectivity index (χ3n) is 4.37. The smallest absolute Gasteiger partial charge is 0.344 e. The highest BCUT2D eigenvalue weighted by Crippen LogP contribution is 2.26. The second kappa shape index (κ2) is 7.45. The summed E-state index contributed by atoms with van der Waals surface area (Å²) in [6.45, 7) is 5.25. The molecule has 3 rings (SSSR count). The zero-order chi connectivity index (χ0) is 18.8. The molecule has 1 N–H and O–H groups in total. The van der Waals surface area contributed by atoms with Crippen LogP contribution in [0.3, 0.4) is 0 Å². The van der Waals surface area contributed by atoms with Gasteiger partial charge in [-0.1, -0.05) is 25.4 Å². The number of ether oxygens (including phenoxy) is 1. The summed E-state index contributed by atoms with van der Waals surface area (Å²) in [5.74, 6) is 0.929. The molecule has 1 aliphatic heterocycles. The molecule has 0 atom stereocenters. The molecule has 2 aromatic rings. The van der Waals surface area contributed by atoms with Crippen molar-refractivity contribution in [1.29, 1.82) is 0 Å². The maximum Gasteiger partial charge on any atom is 0.344 e. The van der Waals surface area contributed by atoms with Crippen LogP contribution in [0.4, 0.5) is 5.82 Å². The fourth-order valence-corrected chi connectivity index (χ4v) is 3.18. The number of anilines is 1. The van der Waals surface area contributed by atoms with Gasteiger partial charge in [0.2, 0.25) is 11.7 Å². The van der Waals surface area contributed by atoms with Gasteiger partial charge in [0.1, 0.15) is 6.10 Å². The average molecular weight is 381 g/mol. The molecule has 0 aliphatic carbocycles. The van der Waals surface area contributed by atoms with Crippen LogP contribution in [0.1, 0.15) is 38.2 Å². The molecule has 9 nitrogen and oxygen atoms in total. The Balaban J connectivity index is 1.66. The van der Waals surface area contributed by atoms with Crippen molar-refractivity contribution in [2.45, 2.75) is 38.7 Å². The van der Waals surface area contributed by atoms with Crippen LogP contribution in [0.25, 0.3) is 0 Å². The van der Waals surface area contributed by atoms with Crippen LogP contribution in [0.5, 0.6) is 5.88 Å². The first-order chi connectivity index (χ1) is 12.3. The van der Waals surface area contributed by atoms with Crippen LogP contribution in [-0.2, 0) is 7.05 Å². The topological polar surface area (TPSA) is 106 Å². The minimum atomic E-state index is -0.528. The fourth-order valence-electron chi connectivity index (χ4n) is 2.86. The van der Waals surface area contributed by atoms with Crippen molar-refractivity contribution in [2.24, 2.45) is 7.05 Å². The van der Waals surface area contributed by atoms with Crippen LogP contribution in [0.15, 0.2) is 15.7 Å². The molecule has 0 bridgehead atoms. The number of hydrogen-bond acceptors (Lipinski definition) is 7. The predicted octanol–water partition coefficient (Wildman–Crippen LogP) is 1.08. The highest BCUT2D eigenvalue weighted by molar-refractivity contribution is 6.30. The Bertz CT molecular complexity index is 902. The number of aromatic nitrogens is 5. The van der Waals surface area contributed by atoms with Crippen molar-refractivity contribution < 1.29 is 4.74 Å². The van der Waals surface area contributed by atoms with Gasteiger partial charge in [0, 0.05) is 39.0 Å². The molecule has 1 fully saturated rings. The lowest BCUT2D eigenvalue weighted by atomic mass is 10.1. The van der Waals surface area contributed by atoms with E-state index >= 15 is 0 Å². The van der Waals surface area contributed by atoms with Crippen molar-refractivity contribution in [1.82, 2.24) is 25.0 Å². The minimum Gasteiger partial charge on any atom is -0.473 e. The lowest BCUT2D eigenvalue weighted by molar-refractivity contribution is 0.161. The summed E-state index contributed by atoms with van der Waals surface area (Å²) in [5, 5.41) is 12.4. The maximum absolute atomic E-state index is 12.0. The Morgan fingerprint density at radius 2 is 1.96 bits per heavy atom. The number of aromatic amines is 1. The summed E-state index contributed by atoms with van der Waals surface area (Å²) >= 11 is 6.06. The number of rotatable bonds is 4. The van der Waals surface area contributed by atoms with Gasteiger partial charge in [-0.2, -0.15) is 0 Å². The number of nitrogens with zero attached hydrogens (tertiary/aromatic N) is 5. The second-order valence-electron chi connectivity index (χ2n) is 6.59. The summed E-state index contributed by atoms with van der Waals surface area (Å²) in [4.78, 5) is 27.5. The number of piperidine rings is 1. The van der Waals surface area contributed by atoms with Gasteiger partial charge in [0.25, 0.3) is 5.56 Å². The average Bonchev–Trinajstić information content (AvgIpc) is 2.60. The molecule has 0 unspecified atom stereocenters. The Kier molecular flexibility index (Phi) is 5.26. The molecular weight excluding hydrogens is 360 g/mol. The molecule has 0 saturated carbocycles. The molecule has 2 aromatic heterocycles. The molecule has 10 heteroatoms. The first-order valence-electron chi connectivity index (χ1n) is 8.47. The Hall–Kier alpha value is -2.42. The molecule has 3 heterocycles. The van der Waals surface area contributed by atoms with E-state index in [-0.39, 0.29) is 17.8 Å². The molecule has 1 saturated heterocycles. The largest absolute Gasteiger partial charge is 0.473 e. The van der Waals surface area contributed by atoms with E-state index in [1.165, 1.54) is 7.05 Å². The van der Waals surface area contributed by atoms with E-state index in [2.05, 4.69) is 20.3 Å². The Morgan fingerprint density at radius 3 is 2.62 bits per heavy atom. The van der Waals surface area contributed by atoms with E-state index in [4.69, 9.17) is 16.3 Å². The van der Waals surface area contributed by atoms with E-state index in [1.54, 1.807) is 0 Å². The molecule has 0 radical (unpaired) electrons. The number of nitrogens with one attached hydrogen (secondary N) is 1. The quantitative estimate of drug-likeness (QED) is 0.845. The standard InChI is InChI=1S/C16H21ClN6O3/c1-9(2)11-8-12(19-20-13(11)17)26-10-4-6-23(7-5-10)14-15(24)18-16(25)22(3)21-14/h8-10H,4-7H2,1-3H3,(H,18,24,25). The van der Waals surface area contributed by atoms with Crippen LogP contribution in [-0.4, -0.2) is 44.2 Å². The van der Waals surface area contributed by atoms with Gasteiger partial charge in [0.05, 0.1) is 0 Å². The number of hydrogen-bond donors (Lipinski definition) is 1. The number of H-pyrrole nitrogens is 1. The van der Waals surface area contributed by atoms with Gasteiger partial charge in [-0.15, -0.1) is 15.3 Å². The van der Waals surface area contributed by atoms with Crippen molar-refractivity contribution in [2.75, 3.05) is 18.0 Å². The normalized spacial score (nSPS) is 15.5. The molecular formula is C16H21ClN6O3. The highest BCUT2D eigenvalue weighted by atomic mass is 35.5. The van der Waals surface area contributed by atoms with Crippen LogP contribution in [0, 0.1) is 0 Å². The SMILES string of the molecule is CC(C)c1cc(OC2CCN(c3nn(C)c(=O)[nH]c3=O)CC2)nnc1Cl. The van der Waals surface area contributed by atoms with Gasteiger partial charge < -0.3 is 9.64 Å². The molecule has 0 amide bonds. The van der Waals surface area contributed by atoms with Gasteiger partial charge >= 0.3 is 5.69 Å². The van der Waals surface area contributed by atoms with E-state index in [0.717, 1.165) is 10.2 Å². The molecule has 26 heavy (non-hydrogen) atoms. The zero-order valence-electron chi connectivity index (χ0n) is 14.9. The van der Waals surface area contributed by atoms with Gasteiger partial charge in [-0.25, -0.2) is 9.48 Å². The van der Waals surface area contributed by atoms with E-state index < -0.39 is 11.2 Å². The number of aryl methyl sites for hydroxylation is 1. The third kappa shape index (κ3) is 3.87. The Labute approximate surface area is 155 Å². The fraction of sp³-hybridized carbons (Fsp3) is 0.562. The zero-order valence-corrected chi connectivity index (χ0v) is 15.7. The van der Waals surface area contributed by atoms with Gasteiger partial charge in [-0.05, 0) is 11.5 Å². The molecule has 140 valence electrons. The van der Waals surface area contributed by atoms with E-state index in [9.17, 15) is 9.59 Å². The first kappa shape index (κ1) is 18.4. The minimum absolute atomic E-state index is 0.0339. The van der Waals surface area contributed by atoms with Crippen LogP contribution >= 0.6 is 11.6 Å². The summed E-state index contributed by atoms with van der Waals surface area (Å²) in [6.07, 6.45) is 1.37. The predicted molar refractivity (Wildman–Crippen MR) is 97.1 cm³/mol. The van der Waals surface area contributed by atoms with Crippen molar-refractivity contribution in [3.8, 4) is 5.88 Å². The van der Waals surface area contributed by atoms with Gasteiger partial charge in [-0.3, -0.25) is 9.78 Å². The summed E-state index contributed by atoms with van der Waals surface area (Å²) in [5.41, 5.74) is -0.105. The monoisotopic (exact) mass is 380 g/mol. The van der Waals surface area contributed by atoms with Crippen molar-refractivity contribution >= 4 is 17.4 Å². The van der Waals surface area contributed by atoms with Crippen LogP contribution in [0.2, 0.25) is 5.15 Å². The highest BCUT2D eigenvalue weighted by Gasteiger charge is 2.24. The lowest BCUT2D eigenvalue weighted by Crippen LogP contribution is -2.43. The lowest BCUT2D eigenvalue weighted by Gasteiger charge is -2.32. The summed E-state index contributed by atoms with van der Waals surface area (Å²) in [6, 6.07) is 1.83.